The molecule has 0 atom stereocenters. The lowest BCUT2D eigenvalue weighted by atomic mass is 10.1. The molecule has 3 rings (SSSR count). The molecule has 144 valence electrons. The van der Waals surface area contributed by atoms with Crippen molar-refractivity contribution in [2.75, 3.05) is 6.54 Å². The zero-order valence-corrected chi connectivity index (χ0v) is 15.6. The van der Waals surface area contributed by atoms with Gasteiger partial charge in [-0.25, -0.2) is 4.98 Å². The summed E-state index contributed by atoms with van der Waals surface area (Å²) in [7, 11) is 0. The van der Waals surface area contributed by atoms with Crippen LogP contribution >= 0.6 is 0 Å². The fourth-order valence-corrected chi connectivity index (χ4v) is 2.86. The molecule has 0 saturated carbocycles. The van der Waals surface area contributed by atoms with Gasteiger partial charge in [-0.2, -0.15) is 0 Å². The Morgan fingerprint density at radius 3 is 2.71 bits per heavy atom. The summed E-state index contributed by atoms with van der Waals surface area (Å²) in [4.78, 5) is 40.7. The minimum Gasteiger partial charge on any atom is -0.352 e. The number of aromatic nitrogens is 2. The smallest absolute Gasteiger partial charge is 0.261 e. The van der Waals surface area contributed by atoms with Crippen molar-refractivity contribution in [3.8, 4) is 0 Å². The van der Waals surface area contributed by atoms with Gasteiger partial charge in [-0.05, 0) is 36.8 Å². The van der Waals surface area contributed by atoms with Crippen LogP contribution in [0.1, 0.15) is 29.3 Å². The van der Waals surface area contributed by atoms with Gasteiger partial charge in [0.1, 0.15) is 0 Å². The van der Waals surface area contributed by atoms with Crippen molar-refractivity contribution in [1.29, 1.82) is 0 Å². The van der Waals surface area contributed by atoms with Crippen LogP contribution in [0.5, 0.6) is 0 Å². The molecule has 0 aliphatic heterocycles. The number of amides is 2. The van der Waals surface area contributed by atoms with Crippen molar-refractivity contribution in [1.82, 2.24) is 20.2 Å². The van der Waals surface area contributed by atoms with Gasteiger partial charge < -0.3 is 10.6 Å². The summed E-state index contributed by atoms with van der Waals surface area (Å²) in [5.41, 5.74) is 1.87. The van der Waals surface area contributed by atoms with E-state index in [0.29, 0.717) is 29.6 Å². The summed E-state index contributed by atoms with van der Waals surface area (Å²) < 4.78 is 1.44. The lowest BCUT2D eigenvalue weighted by Crippen LogP contribution is -2.27. The van der Waals surface area contributed by atoms with Crippen LogP contribution in [0.25, 0.3) is 10.9 Å². The minimum absolute atomic E-state index is 0.140. The number of para-hydroxylation sites is 1. The normalized spacial score (nSPS) is 10.6. The van der Waals surface area contributed by atoms with Crippen molar-refractivity contribution in [2.24, 2.45) is 0 Å². The van der Waals surface area contributed by atoms with Crippen LogP contribution in [0.3, 0.4) is 0 Å². The highest BCUT2D eigenvalue weighted by Gasteiger charge is 2.08. The average molecular weight is 378 g/mol. The number of aryl methyl sites for hydroxylation is 1. The largest absolute Gasteiger partial charge is 0.352 e. The van der Waals surface area contributed by atoms with Crippen LogP contribution in [0.2, 0.25) is 0 Å². The molecule has 0 unspecified atom stereocenters. The van der Waals surface area contributed by atoms with Crippen LogP contribution in [0.4, 0.5) is 0 Å². The van der Waals surface area contributed by atoms with E-state index < -0.39 is 0 Å². The van der Waals surface area contributed by atoms with E-state index in [-0.39, 0.29) is 30.3 Å². The number of nitrogens with one attached hydrogen (secondary N) is 2. The number of fused-ring (bicyclic) bond motifs is 1. The van der Waals surface area contributed by atoms with Crippen molar-refractivity contribution < 1.29 is 9.59 Å². The molecule has 7 nitrogen and oxygen atoms in total. The zero-order chi connectivity index (χ0) is 19.9. The van der Waals surface area contributed by atoms with Gasteiger partial charge in [0.25, 0.3) is 11.5 Å². The zero-order valence-electron chi connectivity index (χ0n) is 15.6. The first kappa shape index (κ1) is 19.3. The minimum atomic E-state index is -0.177. The van der Waals surface area contributed by atoms with E-state index in [2.05, 4.69) is 15.6 Å². The summed E-state index contributed by atoms with van der Waals surface area (Å²) in [6.07, 6.45) is 1.63. The molecule has 7 heteroatoms. The maximum Gasteiger partial charge on any atom is 0.261 e. The van der Waals surface area contributed by atoms with Crippen molar-refractivity contribution in [3.05, 3.63) is 76.3 Å². The molecule has 0 saturated heterocycles. The van der Waals surface area contributed by atoms with Gasteiger partial charge in [-0.1, -0.05) is 24.3 Å². The van der Waals surface area contributed by atoms with E-state index >= 15 is 0 Å². The van der Waals surface area contributed by atoms with Gasteiger partial charge in [-0.3, -0.25) is 19.0 Å². The quantitative estimate of drug-likeness (QED) is 0.656. The third kappa shape index (κ3) is 4.62. The highest BCUT2D eigenvalue weighted by molar-refractivity contribution is 5.94. The second-order valence-corrected chi connectivity index (χ2v) is 6.35. The molecule has 0 spiro atoms. The number of nitrogens with zero attached hydrogens (tertiary/aromatic N) is 2. The van der Waals surface area contributed by atoms with Crippen LogP contribution < -0.4 is 16.2 Å². The Hall–Kier alpha value is -3.48. The number of rotatable bonds is 7. The SMILES string of the molecule is CCNC(=O)c1cccc(CNC(=O)CCn2cnc3ccccc3c2=O)c1. The molecule has 2 aromatic carbocycles. The molecule has 0 fully saturated rings. The summed E-state index contributed by atoms with van der Waals surface area (Å²) in [5, 5.41) is 6.10. The van der Waals surface area contributed by atoms with E-state index in [4.69, 9.17) is 0 Å². The van der Waals surface area contributed by atoms with E-state index in [0.717, 1.165) is 5.56 Å². The molecule has 2 amide bonds. The number of hydrogen-bond donors (Lipinski definition) is 2. The van der Waals surface area contributed by atoms with E-state index in [1.165, 1.54) is 10.9 Å². The van der Waals surface area contributed by atoms with Gasteiger partial charge in [0.05, 0.1) is 17.2 Å². The second kappa shape index (κ2) is 8.94. The van der Waals surface area contributed by atoms with Crippen molar-refractivity contribution in [2.45, 2.75) is 26.4 Å². The Morgan fingerprint density at radius 1 is 1.07 bits per heavy atom. The lowest BCUT2D eigenvalue weighted by Gasteiger charge is -2.09. The third-order valence-corrected chi connectivity index (χ3v) is 4.33. The summed E-state index contributed by atoms with van der Waals surface area (Å²) in [6, 6.07) is 14.2. The monoisotopic (exact) mass is 378 g/mol. The standard InChI is InChI=1S/C21H22N4O3/c1-2-22-20(27)16-7-5-6-15(12-16)13-23-19(26)10-11-25-14-24-18-9-4-3-8-17(18)21(25)28/h3-9,12,14H,2,10-11,13H2,1H3,(H,22,27)(H,23,26). The maximum atomic E-state index is 12.4. The highest BCUT2D eigenvalue weighted by Crippen LogP contribution is 2.06. The number of carbonyl (C=O) groups excluding carboxylic acids is 2. The molecule has 1 aromatic heterocycles. The van der Waals surface area contributed by atoms with Gasteiger partial charge in [0.2, 0.25) is 5.91 Å². The van der Waals surface area contributed by atoms with Gasteiger partial charge in [0.15, 0.2) is 0 Å². The van der Waals surface area contributed by atoms with Crippen molar-refractivity contribution >= 4 is 22.7 Å². The molecule has 2 N–H and O–H groups in total. The Bertz CT molecular complexity index is 1060. The molecule has 0 radical (unpaired) electrons. The molecule has 3 aromatic rings. The predicted octanol–water partition coefficient (Wildman–Crippen LogP) is 1.85. The van der Waals surface area contributed by atoms with Crippen molar-refractivity contribution in [3.63, 3.8) is 0 Å². The molecular formula is C21H22N4O3. The topological polar surface area (TPSA) is 93.1 Å². The Balaban J connectivity index is 1.57. The summed E-state index contributed by atoms with van der Waals surface area (Å²) in [5.74, 6) is -0.317. The Labute approximate surface area is 162 Å². The predicted molar refractivity (Wildman–Crippen MR) is 107 cm³/mol. The molecule has 0 bridgehead atoms. The van der Waals surface area contributed by atoms with Crippen LogP contribution in [0, 0.1) is 0 Å². The molecule has 1 heterocycles. The molecule has 0 aliphatic rings. The Morgan fingerprint density at radius 2 is 1.89 bits per heavy atom. The number of carbonyl (C=O) groups is 2. The number of hydrogen-bond acceptors (Lipinski definition) is 4. The first-order valence-corrected chi connectivity index (χ1v) is 9.16. The van der Waals surface area contributed by atoms with Gasteiger partial charge in [0, 0.05) is 31.6 Å². The molecular weight excluding hydrogens is 356 g/mol. The van der Waals surface area contributed by atoms with Gasteiger partial charge in [-0.15, -0.1) is 0 Å². The lowest BCUT2D eigenvalue weighted by molar-refractivity contribution is -0.121. The van der Waals surface area contributed by atoms with E-state index in [1.54, 1.807) is 36.4 Å². The average Bonchev–Trinajstić information content (AvgIpc) is 2.72. The molecule has 0 aliphatic carbocycles. The first-order valence-electron chi connectivity index (χ1n) is 9.16. The maximum absolute atomic E-state index is 12.4. The molecule has 28 heavy (non-hydrogen) atoms. The Kier molecular flexibility index (Phi) is 6.16. The summed E-state index contributed by atoms with van der Waals surface area (Å²) >= 11 is 0. The highest BCUT2D eigenvalue weighted by atomic mass is 16.2. The van der Waals surface area contributed by atoms with Crippen LogP contribution in [-0.4, -0.2) is 27.9 Å². The first-order chi connectivity index (χ1) is 13.6. The fourth-order valence-electron chi connectivity index (χ4n) is 2.86. The second-order valence-electron chi connectivity index (χ2n) is 6.35. The van der Waals surface area contributed by atoms with E-state index in [1.807, 2.05) is 19.1 Å². The third-order valence-electron chi connectivity index (χ3n) is 4.33. The number of benzene rings is 2. The van der Waals surface area contributed by atoms with E-state index in [9.17, 15) is 14.4 Å². The van der Waals surface area contributed by atoms with Crippen LogP contribution in [-0.2, 0) is 17.9 Å². The van der Waals surface area contributed by atoms with Crippen LogP contribution in [0.15, 0.2) is 59.7 Å². The van der Waals surface area contributed by atoms with Gasteiger partial charge >= 0.3 is 0 Å². The fraction of sp³-hybridized carbons (Fsp3) is 0.238. The summed E-state index contributed by atoms with van der Waals surface area (Å²) in [6.45, 7) is 2.99.